The van der Waals surface area contributed by atoms with E-state index in [1.807, 2.05) is 5.10 Å². The Labute approximate surface area is 103 Å². The summed E-state index contributed by atoms with van der Waals surface area (Å²) < 4.78 is 50.8. The number of aromatic nitrogens is 2. The number of rotatable bonds is 1. The van der Waals surface area contributed by atoms with Gasteiger partial charge in [-0.15, -0.1) is 0 Å². The van der Waals surface area contributed by atoms with Gasteiger partial charge >= 0.3 is 6.18 Å². The van der Waals surface area contributed by atoms with Crippen LogP contribution >= 0.6 is 11.6 Å². The Balaban J connectivity index is 2.55. The number of H-pyrrole nitrogens is 1. The summed E-state index contributed by atoms with van der Waals surface area (Å²) in [7, 11) is 0. The van der Waals surface area contributed by atoms with Gasteiger partial charge in [0.1, 0.15) is 11.5 Å². The van der Waals surface area contributed by atoms with Crippen LogP contribution in [0.5, 0.6) is 0 Å². The maximum atomic E-state index is 13.2. The lowest BCUT2D eigenvalue weighted by atomic mass is 10.3. The van der Waals surface area contributed by atoms with E-state index >= 15 is 0 Å². The topological polar surface area (TPSA) is 37.8 Å². The molecule has 0 aliphatic rings. The summed E-state index contributed by atoms with van der Waals surface area (Å²) in [6.07, 6.45) is -4.67. The van der Waals surface area contributed by atoms with Crippen LogP contribution in [0.25, 0.3) is 5.69 Å². The second kappa shape index (κ2) is 4.16. The quantitative estimate of drug-likeness (QED) is 0.801. The number of nitrogens with zero attached hydrogens (tertiary/aromatic N) is 1. The molecule has 0 saturated carbocycles. The summed E-state index contributed by atoms with van der Waals surface area (Å²) in [6.45, 7) is 0. The molecule has 3 nitrogen and oxygen atoms in total. The lowest BCUT2D eigenvalue weighted by Gasteiger charge is -2.04. The van der Waals surface area contributed by atoms with E-state index in [0.717, 1.165) is 12.1 Å². The molecule has 0 spiro atoms. The number of halogens is 5. The van der Waals surface area contributed by atoms with E-state index in [1.54, 1.807) is 0 Å². The Hall–Kier alpha value is -1.76. The van der Waals surface area contributed by atoms with Gasteiger partial charge in [-0.1, -0.05) is 11.6 Å². The van der Waals surface area contributed by atoms with E-state index in [0.29, 0.717) is 10.7 Å². The van der Waals surface area contributed by atoms with Gasteiger partial charge in [-0.25, -0.2) is 9.07 Å². The van der Waals surface area contributed by atoms with Crippen molar-refractivity contribution in [1.29, 1.82) is 0 Å². The Bertz CT molecular complexity index is 644. The van der Waals surface area contributed by atoms with Crippen LogP contribution in [-0.2, 0) is 6.18 Å². The van der Waals surface area contributed by atoms with Crippen molar-refractivity contribution in [3.63, 3.8) is 0 Å². The molecule has 0 radical (unpaired) electrons. The van der Waals surface area contributed by atoms with Crippen molar-refractivity contribution in [3.8, 4) is 5.69 Å². The van der Waals surface area contributed by atoms with E-state index in [-0.39, 0.29) is 10.7 Å². The molecule has 1 N–H and O–H groups in total. The van der Waals surface area contributed by atoms with Gasteiger partial charge in [-0.05, 0) is 12.1 Å². The highest BCUT2D eigenvalue weighted by Gasteiger charge is 2.33. The summed E-state index contributed by atoms with van der Waals surface area (Å²) in [6, 6.07) is 3.63. The van der Waals surface area contributed by atoms with Crippen LogP contribution in [0.4, 0.5) is 17.6 Å². The molecular weight excluding hydrogens is 276 g/mol. The van der Waals surface area contributed by atoms with E-state index in [1.165, 1.54) is 6.07 Å². The highest BCUT2D eigenvalue weighted by Crippen LogP contribution is 2.27. The molecule has 0 aliphatic heterocycles. The molecule has 2 aromatic rings. The molecule has 96 valence electrons. The molecule has 0 saturated heterocycles. The summed E-state index contributed by atoms with van der Waals surface area (Å²) in [5, 5.41) is 1.67. The number of hydrogen-bond donors (Lipinski definition) is 1. The second-order valence-electron chi connectivity index (χ2n) is 3.44. The summed E-state index contributed by atoms with van der Waals surface area (Å²) in [4.78, 5) is 11.4. The monoisotopic (exact) mass is 280 g/mol. The van der Waals surface area contributed by atoms with Crippen molar-refractivity contribution < 1.29 is 17.6 Å². The minimum atomic E-state index is -4.67. The van der Waals surface area contributed by atoms with E-state index in [4.69, 9.17) is 11.6 Å². The highest BCUT2D eigenvalue weighted by atomic mass is 35.5. The zero-order valence-corrected chi connectivity index (χ0v) is 9.31. The summed E-state index contributed by atoms with van der Waals surface area (Å²) in [5.41, 5.74) is -2.22. The first kappa shape index (κ1) is 12.7. The SMILES string of the molecule is O=c1cc(C(F)(F)F)[nH]n1-c1ccc(Cl)c(F)c1. The average Bonchev–Trinajstić information content (AvgIpc) is 2.64. The zero-order chi connectivity index (χ0) is 13.5. The van der Waals surface area contributed by atoms with Crippen LogP contribution in [-0.4, -0.2) is 9.78 Å². The minimum Gasteiger partial charge on any atom is -0.286 e. The van der Waals surface area contributed by atoms with Crippen LogP contribution in [0.1, 0.15) is 5.69 Å². The summed E-state index contributed by atoms with van der Waals surface area (Å²) >= 11 is 5.43. The number of aromatic amines is 1. The standard InChI is InChI=1S/C10H5ClF4N2O/c11-6-2-1-5(3-7(6)12)17-9(18)4-8(16-17)10(13,14)15/h1-4,16H. The fourth-order valence-electron chi connectivity index (χ4n) is 1.36. The van der Waals surface area contributed by atoms with Crippen molar-refractivity contribution in [1.82, 2.24) is 9.78 Å². The number of nitrogens with one attached hydrogen (secondary N) is 1. The first-order chi connectivity index (χ1) is 8.29. The first-order valence-corrected chi connectivity index (χ1v) is 5.01. The molecular formula is C10H5ClF4N2O. The molecule has 8 heteroatoms. The normalized spacial score (nSPS) is 11.8. The molecule has 0 bridgehead atoms. The predicted octanol–water partition coefficient (Wildman–Crippen LogP) is 2.98. The van der Waals surface area contributed by atoms with Gasteiger partial charge < -0.3 is 0 Å². The predicted molar refractivity (Wildman–Crippen MR) is 56.4 cm³/mol. The fourth-order valence-corrected chi connectivity index (χ4v) is 1.47. The Morgan fingerprint density at radius 1 is 1.22 bits per heavy atom. The van der Waals surface area contributed by atoms with Gasteiger partial charge in [0.2, 0.25) is 0 Å². The number of benzene rings is 1. The van der Waals surface area contributed by atoms with Gasteiger partial charge in [0.25, 0.3) is 5.56 Å². The average molecular weight is 281 g/mol. The lowest BCUT2D eigenvalue weighted by Crippen LogP contribution is -2.13. The van der Waals surface area contributed by atoms with Gasteiger partial charge in [-0.3, -0.25) is 9.89 Å². The molecule has 1 aromatic heterocycles. The maximum Gasteiger partial charge on any atom is 0.432 e. The largest absolute Gasteiger partial charge is 0.432 e. The Kier molecular flexibility index (Phi) is 2.94. The lowest BCUT2D eigenvalue weighted by molar-refractivity contribution is -0.141. The third kappa shape index (κ3) is 2.26. The molecule has 2 rings (SSSR count). The molecule has 0 unspecified atom stereocenters. The van der Waals surface area contributed by atoms with Crippen molar-refractivity contribution in [2.75, 3.05) is 0 Å². The molecule has 0 aliphatic carbocycles. The van der Waals surface area contributed by atoms with E-state index < -0.39 is 23.2 Å². The van der Waals surface area contributed by atoms with Gasteiger partial charge in [0, 0.05) is 12.1 Å². The van der Waals surface area contributed by atoms with E-state index in [2.05, 4.69) is 0 Å². The molecule has 1 heterocycles. The first-order valence-electron chi connectivity index (χ1n) is 4.64. The molecule has 0 atom stereocenters. The van der Waals surface area contributed by atoms with Crippen molar-refractivity contribution in [2.24, 2.45) is 0 Å². The molecule has 1 aromatic carbocycles. The highest BCUT2D eigenvalue weighted by molar-refractivity contribution is 6.30. The zero-order valence-electron chi connectivity index (χ0n) is 8.55. The van der Waals surface area contributed by atoms with Crippen LogP contribution in [0.3, 0.4) is 0 Å². The Morgan fingerprint density at radius 3 is 2.39 bits per heavy atom. The fraction of sp³-hybridized carbons (Fsp3) is 0.100. The third-order valence-corrected chi connectivity index (χ3v) is 2.49. The van der Waals surface area contributed by atoms with Crippen molar-refractivity contribution in [2.45, 2.75) is 6.18 Å². The van der Waals surface area contributed by atoms with Crippen LogP contribution < -0.4 is 5.56 Å². The molecule has 0 fully saturated rings. The number of alkyl halides is 3. The van der Waals surface area contributed by atoms with Crippen molar-refractivity contribution >= 4 is 11.6 Å². The maximum absolute atomic E-state index is 13.2. The molecule has 18 heavy (non-hydrogen) atoms. The van der Waals surface area contributed by atoms with Gasteiger partial charge in [0.15, 0.2) is 0 Å². The molecule has 0 amide bonds. The van der Waals surface area contributed by atoms with E-state index in [9.17, 15) is 22.4 Å². The van der Waals surface area contributed by atoms with Crippen LogP contribution in [0, 0.1) is 5.82 Å². The van der Waals surface area contributed by atoms with Gasteiger partial charge in [-0.2, -0.15) is 13.2 Å². The Morgan fingerprint density at radius 2 is 1.89 bits per heavy atom. The summed E-state index contributed by atoms with van der Waals surface area (Å²) in [5.74, 6) is -0.829. The van der Waals surface area contributed by atoms with Crippen LogP contribution in [0.2, 0.25) is 5.02 Å². The second-order valence-corrected chi connectivity index (χ2v) is 3.85. The van der Waals surface area contributed by atoms with Crippen LogP contribution in [0.15, 0.2) is 29.1 Å². The van der Waals surface area contributed by atoms with Crippen molar-refractivity contribution in [3.05, 3.63) is 51.2 Å². The van der Waals surface area contributed by atoms with Gasteiger partial charge in [0.05, 0.1) is 10.7 Å². The minimum absolute atomic E-state index is 0.0719. The smallest absolute Gasteiger partial charge is 0.286 e. The third-order valence-electron chi connectivity index (χ3n) is 2.19. The number of hydrogen-bond acceptors (Lipinski definition) is 1.